The topological polar surface area (TPSA) is 99.2 Å². The molecule has 1 aliphatic rings. The number of sulfonamides is 1. The first kappa shape index (κ1) is 28.4. The van der Waals surface area contributed by atoms with E-state index in [4.69, 9.17) is 4.74 Å². The fourth-order valence-electron chi connectivity index (χ4n) is 3.94. The Morgan fingerprint density at radius 2 is 2.05 bits per heavy atom. The summed E-state index contributed by atoms with van der Waals surface area (Å²) in [6.45, 7) is 5.32. The van der Waals surface area contributed by atoms with E-state index < -0.39 is 34.0 Å². The van der Waals surface area contributed by atoms with E-state index >= 15 is 0 Å². The highest BCUT2D eigenvalue weighted by Gasteiger charge is 2.38. The van der Waals surface area contributed by atoms with Crippen molar-refractivity contribution in [1.29, 1.82) is 0 Å². The van der Waals surface area contributed by atoms with Gasteiger partial charge in [-0.2, -0.15) is 4.31 Å². The van der Waals surface area contributed by atoms with Gasteiger partial charge in [-0.05, 0) is 43.7 Å². The molecule has 10 heteroatoms. The average Bonchev–Trinajstić information content (AvgIpc) is 2.87. The maximum atomic E-state index is 14.0. The maximum absolute atomic E-state index is 14.0. The maximum Gasteiger partial charge on any atom is 0.321 e. The van der Waals surface area contributed by atoms with Gasteiger partial charge in [-0.15, -0.1) is 0 Å². The number of aliphatic hydroxyl groups excluding tert-OH is 1. The zero-order valence-electron chi connectivity index (χ0n) is 21.6. The summed E-state index contributed by atoms with van der Waals surface area (Å²) in [5, 5.41) is 12.3. The van der Waals surface area contributed by atoms with E-state index in [9.17, 15) is 22.7 Å². The van der Waals surface area contributed by atoms with Crippen LogP contribution in [0.4, 0.5) is 14.9 Å². The van der Waals surface area contributed by atoms with Crippen LogP contribution in [0.5, 0.6) is 5.75 Å². The van der Waals surface area contributed by atoms with Gasteiger partial charge in [0.05, 0.1) is 18.8 Å². The molecular formula is C27H34FN3O5S. The van der Waals surface area contributed by atoms with Crippen molar-refractivity contribution < 1.29 is 27.4 Å². The van der Waals surface area contributed by atoms with Crippen LogP contribution in [0.3, 0.4) is 0 Å². The van der Waals surface area contributed by atoms with Crippen molar-refractivity contribution in [3.63, 3.8) is 0 Å². The van der Waals surface area contributed by atoms with Gasteiger partial charge in [0.25, 0.3) is 0 Å². The number of hydrogen-bond acceptors (Lipinski definition) is 5. The quantitative estimate of drug-likeness (QED) is 0.551. The highest BCUT2D eigenvalue weighted by atomic mass is 32.2. The van der Waals surface area contributed by atoms with Crippen LogP contribution >= 0.6 is 0 Å². The van der Waals surface area contributed by atoms with E-state index in [1.165, 1.54) is 33.5 Å². The van der Waals surface area contributed by atoms with Crippen molar-refractivity contribution in [3.8, 4) is 17.6 Å². The molecule has 0 aliphatic carbocycles. The summed E-state index contributed by atoms with van der Waals surface area (Å²) in [5.41, 5.74) is 0.669. The predicted octanol–water partition coefficient (Wildman–Crippen LogP) is 3.91. The number of para-hydroxylation sites is 1. The normalized spacial score (nSPS) is 19.7. The van der Waals surface area contributed by atoms with Gasteiger partial charge in [0.15, 0.2) is 0 Å². The first-order valence-electron chi connectivity index (χ1n) is 12.3. The molecule has 0 saturated heterocycles. The van der Waals surface area contributed by atoms with E-state index in [2.05, 4.69) is 17.2 Å². The SMILES string of the molecule is CCCC#Cc1ccc2c(c1)O[C@H](CN(C)C(=O)Nc1ccccc1F)[C@H](C)CN([C@H](C)CO)S2(=O)=O. The number of carbonyl (C=O) groups excluding carboxylic acids is 1. The monoisotopic (exact) mass is 531 g/mol. The van der Waals surface area contributed by atoms with Gasteiger partial charge in [-0.1, -0.05) is 37.8 Å². The first-order chi connectivity index (χ1) is 17.6. The fraction of sp³-hybridized carbons (Fsp3) is 0.444. The minimum atomic E-state index is -3.98. The molecule has 0 fully saturated rings. The molecule has 2 N–H and O–H groups in total. The largest absolute Gasteiger partial charge is 0.487 e. The number of hydrogen-bond donors (Lipinski definition) is 2. The molecule has 8 nitrogen and oxygen atoms in total. The lowest BCUT2D eigenvalue weighted by atomic mass is 10.0. The molecule has 1 aliphatic heterocycles. The van der Waals surface area contributed by atoms with E-state index in [0.29, 0.717) is 12.0 Å². The van der Waals surface area contributed by atoms with Crippen LogP contribution in [-0.4, -0.2) is 67.7 Å². The fourth-order valence-corrected chi connectivity index (χ4v) is 5.76. The summed E-state index contributed by atoms with van der Waals surface area (Å²) in [6, 6.07) is 9.38. The van der Waals surface area contributed by atoms with Crippen LogP contribution in [0.15, 0.2) is 47.4 Å². The summed E-state index contributed by atoms with van der Waals surface area (Å²) < 4.78 is 48.7. The van der Waals surface area contributed by atoms with Crippen molar-refractivity contribution in [2.24, 2.45) is 5.92 Å². The minimum Gasteiger partial charge on any atom is -0.487 e. The van der Waals surface area contributed by atoms with E-state index in [-0.39, 0.29) is 41.9 Å². The molecule has 3 atom stereocenters. The number of ether oxygens (including phenoxy) is 1. The Kier molecular flexibility index (Phi) is 9.54. The smallest absolute Gasteiger partial charge is 0.321 e. The van der Waals surface area contributed by atoms with Crippen molar-refractivity contribution >= 4 is 21.7 Å². The third-order valence-corrected chi connectivity index (χ3v) is 8.21. The third kappa shape index (κ3) is 6.80. The van der Waals surface area contributed by atoms with Crippen LogP contribution in [-0.2, 0) is 10.0 Å². The van der Waals surface area contributed by atoms with E-state index in [1.54, 1.807) is 32.2 Å². The molecule has 0 saturated carbocycles. The van der Waals surface area contributed by atoms with E-state index in [0.717, 1.165) is 6.42 Å². The summed E-state index contributed by atoms with van der Waals surface area (Å²) in [7, 11) is -2.42. The number of likely N-dealkylation sites (N-methyl/N-ethyl adjacent to an activating group) is 1. The number of nitrogens with zero attached hydrogens (tertiary/aromatic N) is 2. The Labute approximate surface area is 218 Å². The molecule has 0 radical (unpaired) electrons. The highest BCUT2D eigenvalue weighted by molar-refractivity contribution is 7.89. The second kappa shape index (κ2) is 12.4. The molecule has 2 amide bonds. The van der Waals surface area contributed by atoms with Crippen LogP contribution < -0.4 is 10.1 Å². The lowest BCUT2D eigenvalue weighted by molar-refractivity contribution is 0.0830. The number of halogens is 1. The minimum absolute atomic E-state index is 0.0239. The highest BCUT2D eigenvalue weighted by Crippen LogP contribution is 2.34. The number of amides is 2. The molecular weight excluding hydrogens is 497 g/mol. The number of unbranched alkanes of at least 4 members (excludes halogenated alkanes) is 1. The molecule has 0 aromatic heterocycles. The second-order valence-corrected chi connectivity index (χ2v) is 11.1. The molecule has 0 bridgehead atoms. The Hall–Kier alpha value is -3.13. The molecule has 200 valence electrons. The van der Waals surface area contributed by atoms with Crippen LogP contribution in [0.2, 0.25) is 0 Å². The Morgan fingerprint density at radius 1 is 1.32 bits per heavy atom. The molecule has 0 unspecified atom stereocenters. The van der Waals surface area contributed by atoms with Crippen LogP contribution in [0, 0.1) is 23.6 Å². The number of urea groups is 1. The van der Waals surface area contributed by atoms with Crippen molar-refractivity contribution in [3.05, 3.63) is 53.8 Å². The number of fused-ring (bicyclic) bond motifs is 1. The lowest BCUT2D eigenvalue weighted by Gasteiger charge is -2.37. The van der Waals surface area contributed by atoms with Crippen LogP contribution in [0.25, 0.3) is 0 Å². The zero-order valence-corrected chi connectivity index (χ0v) is 22.4. The molecule has 1 heterocycles. The lowest BCUT2D eigenvalue weighted by Crippen LogP contribution is -2.50. The van der Waals surface area contributed by atoms with Crippen molar-refractivity contribution in [2.75, 3.05) is 32.1 Å². The number of carbonyl (C=O) groups is 1. The molecule has 0 spiro atoms. The number of nitrogens with one attached hydrogen (secondary N) is 1. The summed E-state index contributed by atoms with van der Waals surface area (Å²) >= 11 is 0. The first-order valence-corrected chi connectivity index (χ1v) is 13.7. The zero-order chi connectivity index (χ0) is 27.2. The second-order valence-electron chi connectivity index (χ2n) is 9.24. The van der Waals surface area contributed by atoms with Gasteiger partial charge in [0.1, 0.15) is 22.6 Å². The van der Waals surface area contributed by atoms with Gasteiger partial charge in [0.2, 0.25) is 10.0 Å². The molecule has 2 aromatic rings. The Bertz CT molecular complexity index is 1270. The summed E-state index contributed by atoms with van der Waals surface area (Å²) in [6.07, 6.45) is 1.01. The number of aliphatic hydroxyl groups is 1. The van der Waals surface area contributed by atoms with Crippen molar-refractivity contribution in [1.82, 2.24) is 9.21 Å². The summed E-state index contributed by atoms with van der Waals surface area (Å²) in [5.74, 6) is 5.31. The predicted molar refractivity (Wildman–Crippen MR) is 140 cm³/mol. The number of anilines is 1. The van der Waals surface area contributed by atoms with Gasteiger partial charge < -0.3 is 20.1 Å². The average molecular weight is 532 g/mol. The Morgan fingerprint density at radius 3 is 2.73 bits per heavy atom. The molecule has 2 aromatic carbocycles. The molecule has 37 heavy (non-hydrogen) atoms. The summed E-state index contributed by atoms with van der Waals surface area (Å²) in [4.78, 5) is 14.1. The molecule has 3 rings (SSSR count). The van der Waals surface area contributed by atoms with Gasteiger partial charge >= 0.3 is 6.03 Å². The van der Waals surface area contributed by atoms with Gasteiger partial charge in [-0.25, -0.2) is 17.6 Å². The van der Waals surface area contributed by atoms with Gasteiger partial charge in [0, 0.05) is 37.5 Å². The standard InChI is InChI=1S/C27H34FN3O5S/c1-5-6-7-10-21-13-14-26-24(15-21)36-25(19(2)16-31(20(3)18-32)37(26,34)35)17-30(4)27(33)29-23-12-9-8-11-22(23)28/h8-9,11-15,19-20,25,32H,5-6,16-18H2,1-4H3,(H,29,33)/t19-,20-,25-/m1/s1. The van der Waals surface area contributed by atoms with Gasteiger partial charge in [-0.3, -0.25) is 0 Å². The number of rotatable bonds is 6. The van der Waals surface area contributed by atoms with Crippen LogP contribution in [0.1, 0.15) is 39.2 Å². The van der Waals surface area contributed by atoms with Crippen molar-refractivity contribution in [2.45, 2.75) is 50.7 Å². The third-order valence-electron chi connectivity index (χ3n) is 6.19. The Balaban J connectivity index is 1.95. The van der Waals surface area contributed by atoms with E-state index in [1.807, 2.05) is 13.8 Å². The number of benzene rings is 2.